The molecule has 1 aliphatic heterocycles. The lowest BCUT2D eigenvalue weighted by Gasteiger charge is -2.17. The molecule has 1 aromatic carbocycles. The van der Waals surface area contributed by atoms with E-state index in [0.29, 0.717) is 34.2 Å². The van der Waals surface area contributed by atoms with Crippen LogP contribution in [-0.2, 0) is 0 Å². The molecule has 170 valence electrons. The quantitative estimate of drug-likeness (QED) is 0.353. The molecule has 4 rings (SSSR count). The van der Waals surface area contributed by atoms with Gasteiger partial charge < -0.3 is 21.7 Å². The highest BCUT2D eigenvalue weighted by Crippen LogP contribution is 2.23. The average Bonchev–Trinajstić information content (AvgIpc) is 3.32. The molecule has 0 spiro atoms. The van der Waals surface area contributed by atoms with Crippen molar-refractivity contribution in [2.24, 2.45) is 0 Å². The average molecular weight is 445 g/mol. The number of carbonyl (C=O) groups is 1. The van der Waals surface area contributed by atoms with Gasteiger partial charge in [-0.15, -0.1) is 0 Å². The van der Waals surface area contributed by atoms with Crippen LogP contribution < -0.4 is 21.7 Å². The summed E-state index contributed by atoms with van der Waals surface area (Å²) >= 11 is 0. The van der Waals surface area contributed by atoms with Crippen LogP contribution in [-0.4, -0.2) is 45.7 Å². The van der Waals surface area contributed by atoms with Gasteiger partial charge in [-0.25, -0.2) is 15.0 Å². The molecule has 3 aromatic rings. The van der Waals surface area contributed by atoms with Gasteiger partial charge in [0.2, 0.25) is 0 Å². The SMILES string of the molecule is CC(C)c1ccnc(NC(=O)c2ccc(C(=N)c3c(N)ncnc3NC3CCNC3)cc2)c1. The van der Waals surface area contributed by atoms with Gasteiger partial charge in [0.15, 0.2) is 0 Å². The number of carbonyl (C=O) groups excluding carboxylic acids is 1. The molecular weight excluding hydrogens is 416 g/mol. The number of aromatic nitrogens is 3. The molecule has 3 heterocycles. The summed E-state index contributed by atoms with van der Waals surface area (Å²) in [5.74, 6) is 1.36. The van der Waals surface area contributed by atoms with Crippen molar-refractivity contribution in [2.75, 3.05) is 29.5 Å². The summed E-state index contributed by atoms with van der Waals surface area (Å²) in [5.41, 5.74) is 8.94. The standard InChI is InChI=1S/C24H28N8O/c1-14(2)17-7-10-28-19(11-17)32-24(33)16-5-3-15(4-6-16)21(25)20-22(26)29-13-30-23(20)31-18-8-9-27-12-18/h3-7,10-11,13-14,18,25,27H,8-9,12H2,1-2H3,(H,28,32,33)(H3,26,29,30,31). The zero-order valence-corrected chi connectivity index (χ0v) is 18.7. The van der Waals surface area contributed by atoms with Crippen molar-refractivity contribution in [1.82, 2.24) is 20.3 Å². The van der Waals surface area contributed by atoms with E-state index in [1.165, 1.54) is 6.33 Å². The summed E-state index contributed by atoms with van der Waals surface area (Å²) in [6, 6.07) is 10.8. The highest BCUT2D eigenvalue weighted by molar-refractivity contribution is 6.16. The topological polar surface area (TPSA) is 142 Å². The third kappa shape index (κ3) is 5.15. The van der Waals surface area contributed by atoms with E-state index in [-0.39, 0.29) is 23.5 Å². The lowest BCUT2D eigenvalue weighted by atomic mass is 10.0. The molecule has 1 aliphatic rings. The Hall–Kier alpha value is -3.85. The number of nitrogens with zero attached hydrogens (tertiary/aromatic N) is 3. The first-order valence-corrected chi connectivity index (χ1v) is 11.0. The van der Waals surface area contributed by atoms with Gasteiger partial charge in [-0.05, 0) is 48.7 Å². The van der Waals surface area contributed by atoms with Crippen LogP contribution in [0.1, 0.15) is 53.2 Å². The minimum atomic E-state index is -0.264. The summed E-state index contributed by atoms with van der Waals surface area (Å²) in [4.78, 5) is 25.3. The Kier molecular flexibility index (Phi) is 6.60. The monoisotopic (exact) mass is 444 g/mol. The van der Waals surface area contributed by atoms with Crippen LogP contribution >= 0.6 is 0 Å². The summed E-state index contributed by atoms with van der Waals surface area (Å²) in [6.07, 6.45) is 4.05. The molecular formula is C24H28N8O. The van der Waals surface area contributed by atoms with Gasteiger partial charge in [-0.3, -0.25) is 10.2 Å². The molecule has 33 heavy (non-hydrogen) atoms. The zero-order valence-electron chi connectivity index (χ0n) is 18.7. The van der Waals surface area contributed by atoms with E-state index in [2.05, 4.69) is 44.7 Å². The van der Waals surface area contributed by atoms with Crippen molar-refractivity contribution in [1.29, 1.82) is 5.41 Å². The van der Waals surface area contributed by atoms with Crippen LogP contribution in [0.2, 0.25) is 0 Å². The van der Waals surface area contributed by atoms with Crippen LogP contribution in [0.15, 0.2) is 48.9 Å². The van der Waals surface area contributed by atoms with Crippen LogP contribution in [0.4, 0.5) is 17.5 Å². The Morgan fingerprint density at radius 2 is 1.91 bits per heavy atom. The Morgan fingerprint density at radius 3 is 2.61 bits per heavy atom. The van der Waals surface area contributed by atoms with E-state index in [1.807, 2.05) is 12.1 Å². The third-order valence-electron chi connectivity index (χ3n) is 5.66. The van der Waals surface area contributed by atoms with Gasteiger partial charge in [0.25, 0.3) is 5.91 Å². The maximum Gasteiger partial charge on any atom is 0.256 e. The highest BCUT2D eigenvalue weighted by Gasteiger charge is 2.21. The normalized spacial score (nSPS) is 15.4. The van der Waals surface area contributed by atoms with Gasteiger partial charge in [0, 0.05) is 29.9 Å². The number of nitrogens with two attached hydrogens (primary N) is 1. The van der Waals surface area contributed by atoms with E-state index < -0.39 is 0 Å². The molecule has 1 atom stereocenters. The second-order valence-electron chi connectivity index (χ2n) is 8.35. The number of rotatable bonds is 7. The Bertz CT molecular complexity index is 1150. The molecule has 6 N–H and O–H groups in total. The van der Waals surface area contributed by atoms with Gasteiger partial charge in [0.1, 0.15) is 23.8 Å². The van der Waals surface area contributed by atoms with Gasteiger partial charge in [-0.2, -0.15) is 0 Å². The van der Waals surface area contributed by atoms with E-state index in [4.69, 9.17) is 11.1 Å². The smallest absolute Gasteiger partial charge is 0.256 e. The Morgan fingerprint density at radius 1 is 1.15 bits per heavy atom. The van der Waals surface area contributed by atoms with Crippen LogP contribution in [0.3, 0.4) is 0 Å². The molecule has 0 aliphatic carbocycles. The van der Waals surface area contributed by atoms with E-state index >= 15 is 0 Å². The summed E-state index contributed by atoms with van der Waals surface area (Å²) in [5, 5.41) is 18.2. The number of nitrogens with one attached hydrogen (secondary N) is 4. The maximum atomic E-state index is 12.7. The lowest BCUT2D eigenvalue weighted by molar-refractivity contribution is 0.102. The maximum absolute atomic E-state index is 12.7. The van der Waals surface area contributed by atoms with E-state index in [0.717, 1.165) is 25.1 Å². The minimum Gasteiger partial charge on any atom is -0.383 e. The van der Waals surface area contributed by atoms with Gasteiger partial charge in [-0.1, -0.05) is 26.0 Å². The van der Waals surface area contributed by atoms with Crippen molar-refractivity contribution in [2.45, 2.75) is 32.2 Å². The number of benzene rings is 1. The summed E-state index contributed by atoms with van der Waals surface area (Å²) < 4.78 is 0. The summed E-state index contributed by atoms with van der Waals surface area (Å²) in [6.45, 7) is 5.94. The van der Waals surface area contributed by atoms with Crippen molar-refractivity contribution in [3.05, 3.63) is 71.2 Å². The fraction of sp³-hybridized carbons (Fsp3) is 0.292. The summed E-state index contributed by atoms with van der Waals surface area (Å²) in [7, 11) is 0. The van der Waals surface area contributed by atoms with E-state index in [9.17, 15) is 4.79 Å². The molecule has 1 unspecified atom stereocenters. The second-order valence-corrected chi connectivity index (χ2v) is 8.35. The molecule has 0 saturated carbocycles. The minimum absolute atomic E-state index is 0.194. The number of pyridine rings is 1. The molecule has 9 heteroatoms. The molecule has 1 amide bonds. The number of amides is 1. The first-order chi connectivity index (χ1) is 15.9. The largest absolute Gasteiger partial charge is 0.383 e. The van der Waals surface area contributed by atoms with Crippen molar-refractivity contribution < 1.29 is 4.79 Å². The highest BCUT2D eigenvalue weighted by atomic mass is 16.1. The predicted molar refractivity (Wildman–Crippen MR) is 130 cm³/mol. The molecule has 0 radical (unpaired) electrons. The molecule has 9 nitrogen and oxygen atoms in total. The molecule has 1 saturated heterocycles. The van der Waals surface area contributed by atoms with Crippen LogP contribution in [0, 0.1) is 5.41 Å². The Balaban J connectivity index is 1.51. The van der Waals surface area contributed by atoms with Crippen LogP contribution in [0.25, 0.3) is 0 Å². The fourth-order valence-corrected chi connectivity index (χ4v) is 3.72. The van der Waals surface area contributed by atoms with Crippen molar-refractivity contribution in [3.8, 4) is 0 Å². The first kappa shape index (κ1) is 22.3. The number of nitrogen functional groups attached to an aromatic ring is 1. The molecule has 1 fully saturated rings. The molecule has 0 bridgehead atoms. The van der Waals surface area contributed by atoms with Crippen molar-refractivity contribution >= 4 is 29.1 Å². The lowest BCUT2D eigenvalue weighted by Crippen LogP contribution is -2.25. The van der Waals surface area contributed by atoms with Gasteiger partial charge in [0.05, 0.1) is 11.3 Å². The fourth-order valence-electron chi connectivity index (χ4n) is 3.72. The number of hydrogen-bond acceptors (Lipinski definition) is 8. The number of hydrogen-bond donors (Lipinski definition) is 5. The van der Waals surface area contributed by atoms with E-state index in [1.54, 1.807) is 30.5 Å². The third-order valence-corrected chi connectivity index (χ3v) is 5.66. The second kappa shape index (κ2) is 9.74. The first-order valence-electron chi connectivity index (χ1n) is 11.0. The molecule has 2 aromatic heterocycles. The van der Waals surface area contributed by atoms with Gasteiger partial charge >= 0.3 is 0 Å². The number of anilines is 3. The van der Waals surface area contributed by atoms with Crippen molar-refractivity contribution in [3.63, 3.8) is 0 Å². The zero-order chi connectivity index (χ0) is 23.4. The Labute approximate surface area is 192 Å². The predicted octanol–water partition coefficient (Wildman–Crippen LogP) is 3.02. The van der Waals surface area contributed by atoms with Crippen LogP contribution in [0.5, 0.6) is 0 Å².